The molecule has 0 spiro atoms. The molecule has 2 atom stereocenters. The number of hydrogen-bond donors (Lipinski definition) is 2. The van der Waals surface area contributed by atoms with Gasteiger partial charge in [0.15, 0.2) is 0 Å². The number of aryl methyl sites for hydroxylation is 1. The number of nitrogen functional groups attached to an aromatic ring is 1. The Labute approximate surface area is 242 Å². The molecule has 3 N–H and O–H groups in total. The standard InChI is InChI=1S/C32H37N3O4.ClH/c1-38-30(36)11-5-10-27-21-28(35(32(27)37)20-6-9-23-7-3-2-4-8-23)22-39-29-18-16-25(17-19-29)24-12-14-26(15-13-24)31(33)34;/h2-4,7-8,12-19,27-28H,5-6,9-11,20-22H2,1H3,(H3,33,34);1H/t27-,28-;/m0./s1. The molecule has 7 nitrogen and oxygen atoms in total. The number of carbonyl (C=O) groups is 2. The molecule has 1 aliphatic rings. The zero-order chi connectivity index (χ0) is 27.6. The zero-order valence-electron chi connectivity index (χ0n) is 22.9. The quantitative estimate of drug-likeness (QED) is 0.159. The highest BCUT2D eigenvalue weighted by atomic mass is 35.5. The van der Waals surface area contributed by atoms with Crippen molar-refractivity contribution >= 4 is 30.1 Å². The average molecular weight is 564 g/mol. The minimum absolute atomic E-state index is 0. The Bertz CT molecular complexity index is 1250. The first-order valence-electron chi connectivity index (χ1n) is 13.5. The molecule has 40 heavy (non-hydrogen) atoms. The number of amides is 1. The van der Waals surface area contributed by atoms with E-state index in [4.69, 9.17) is 20.6 Å². The number of halogens is 1. The predicted molar refractivity (Wildman–Crippen MR) is 160 cm³/mol. The van der Waals surface area contributed by atoms with Crippen molar-refractivity contribution < 1.29 is 19.1 Å². The van der Waals surface area contributed by atoms with Gasteiger partial charge in [0.1, 0.15) is 18.2 Å². The molecule has 0 aromatic heterocycles. The molecule has 0 aliphatic carbocycles. The molecule has 0 saturated carbocycles. The van der Waals surface area contributed by atoms with E-state index in [1.165, 1.54) is 12.7 Å². The Morgan fingerprint density at radius 2 is 1.62 bits per heavy atom. The maximum Gasteiger partial charge on any atom is 0.305 e. The number of likely N-dealkylation sites (tertiary alicyclic amines) is 1. The fourth-order valence-corrected chi connectivity index (χ4v) is 5.13. The molecule has 1 aliphatic heterocycles. The molecular formula is C32H38ClN3O4. The van der Waals surface area contributed by atoms with Gasteiger partial charge in [0.05, 0.1) is 13.2 Å². The van der Waals surface area contributed by atoms with Gasteiger partial charge in [-0.1, -0.05) is 66.7 Å². The Morgan fingerprint density at radius 1 is 0.975 bits per heavy atom. The first-order chi connectivity index (χ1) is 18.9. The smallest absolute Gasteiger partial charge is 0.305 e. The summed E-state index contributed by atoms with van der Waals surface area (Å²) in [5.41, 5.74) is 9.59. The van der Waals surface area contributed by atoms with Gasteiger partial charge >= 0.3 is 5.97 Å². The molecule has 4 rings (SSSR count). The number of rotatable bonds is 13. The molecule has 3 aromatic carbocycles. The summed E-state index contributed by atoms with van der Waals surface area (Å²) in [5.74, 6) is 0.630. The summed E-state index contributed by atoms with van der Waals surface area (Å²) in [4.78, 5) is 26.8. The van der Waals surface area contributed by atoms with Gasteiger partial charge in [-0.25, -0.2) is 0 Å². The summed E-state index contributed by atoms with van der Waals surface area (Å²) in [6.07, 6.45) is 4.18. The second-order valence-electron chi connectivity index (χ2n) is 10.0. The number of nitrogens with two attached hydrogens (primary N) is 1. The van der Waals surface area contributed by atoms with Crippen molar-refractivity contribution in [2.45, 2.75) is 44.6 Å². The van der Waals surface area contributed by atoms with Crippen LogP contribution in [0.4, 0.5) is 0 Å². The lowest BCUT2D eigenvalue weighted by Gasteiger charge is -2.25. The molecule has 0 bridgehead atoms. The molecule has 212 valence electrons. The minimum atomic E-state index is -0.238. The van der Waals surface area contributed by atoms with Crippen LogP contribution < -0.4 is 10.5 Å². The second-order valence-corrected chi connectivity index (χ2v) is 10.0. The van der Waals surface area contributed by atoms with E-state index in [1.54, 1.807) is 0 Å². The van der Waals surface area contributed by atoms with Crippen LogP contribution in [-0.2, 0) is 20.7 Å². The van der Waals surface area contributed by atoms with Gasteiger partial charge in [-0.05, 0) is 60.9 Å². The van der Waals surface area contributed by atoms with Crippen molar-refractivity contribution in [1.29, 1.82) is 5.41 Å². The highest BCUT2D eigenvalue weighted by Gasteiger charge is 2.39. The molecule has 8 heteroatoms. The number of benzene rings is 3. The molecular weight excluding hydrogens is 526 g/mol. The van der Waals surface area contributed by atoms with Crippen molar-refractivity contribution in [2.75, 3.05) is 20.3 Å². The summed E-state index contributed by atoms with van der Waals surface area (Å²) in [5, 5.41) is 7.55. The number of carbonyl (C=O) groups excluding carboxylic acids is 2. The zero-order valence-corrected chi connectivity index (χ0v) is 23.7. The van der Waals surface area contributed by atoms with Crippen LogP contribution in [0, 0.1) is 11.3 Å². The van der Waals surface area contributed by atoms with Gasteiger partial charge in [-0.2, -0.15) is 0 Å². The van der Waals surface area contributed by atoms with Crippen molar-refractivity contribution in [2.24, 2.45) is 11.7 Å². The van der Waals surface area contributed by atoms with E-state index in [-0.39, 0.29) is 42.1 Å². The summed E-state index contributed by atoms with van der Waals surface area (Å²) in [6.45, 7) is 1.11. The largest absolute Gasteiger partial charge is 0.491 e. The lowest BCUT2D eigenvalue weighted by atomic mass is 9.98. The highest BCUT2D eigenvalue weighted by molar-refractivity contribution is 5.95. The maximum atomic E-state index is 13.3. The third kappa shape index (κ3) is 8.33. The number of esters is 1. The molecule has 0 unspecified atom stereocenters. The van der Waals surface area contributed by atoms with Crippen molar-refractivity contribution in [3.05, 3.63) is 90.0 Å². The fraction of sp³-hybridized carbons (Fsp3) is 0.344. The molecule has 0 radical (unpaired) electrons. The van der Waals surface area contributed by atoms with Crippen LogP contribution in [0.5, 0.6) is 5.75 Å². The Hall–Kier alpha value is -3.84. The summed E-state index contributed by atoms with van der Waals surface area (Å²) in [6, 6.07) is 25.8. The SMILES string of the molecule is COC(=O)CCC[C@H]1C[C@@H](COc2ccc(-c3ccc(C(=N)N)cc3)cc2)N(CCCc2ccccc2)C1=O.Cl. The van der Waals surface area contributed by atoms with Crippen LogP contribution in [-0.4, -0.2) is 48.9 Å². The normalized spacial score (nSPS) is 16.3. The first-order valence-corrected chi connectivity index (χ1v) is 13.5. The molecule has 1 saturated heterocycles. The molecule has 1 fully saturated rings. The number of amidine groups is 1. The Morgan fingerprint density at radius 3 is 2.25 bits per heavy atom. The van der Waals surface area contributed by atoms with E-state index in [0.717, 1.165) is 36.1 Å². The van der Waals surface area contributed by atoms with E-state index in [9.17, 15) is 9.59 Å². The van der Waals surface area contributed by atoms with Crippen molar-refractivity contribution in [1.82, 2.24) is 4.90 Å². The predicted octanol–water partition coefficient (Wildman–Crippen LogP) is 5.63. The second kappa shape index (κ2) is 15.1. The van der Waals surface area contributed by atoms with E-state index >= 15 is 0 Å². The number of nitrogens with one attached hydrogen (secondary N) is 1. The van der Waals surface area contributed by atoms with Gasteiger partial charge < -0.3 is 20.1 Å². The fourth-order valence-electron chi connectivity index (χ4n) is 5.13. The summed E-state index contributed by atoms with van der Waals surface area (Å²) in [7, 11) is 1.39. The van der Waals surface area contributed by atoms with Gasteiger partial charge in [-0.15, -0.1) is 12.4 Å². The molecule has 3 aromatic rings. The van der Waals surface area contributed by atoms with Gasteiger partial charge in [-0.3, -0.25) is 15.0 Å². The van der Waals surface area contributed by atoms with Gasteiger partial charge in [0, 0.05) is 24.4 Å². The summed E-state index contributed by atoms with van der Waals surface area (Å²) >= 11 is 0. The number of nitrogens with zero attached hydrogens (tertiary/aromatic N) is 1. The first kappa shape index (κ1) is 30.7. The van der Waals surface area contributed by atoms with E-state index in [1.807, 2.05) is 71.6 Å². The van der Waals surface area contributed by atoms with E-state index in [2.05, 4.69) is 12.1 Å². The Kier molecular flexibility index (Phi) is 11.6. The summed E-state index contributed by atoms with van der Waals surface area (Å²) < 4.78 is 10.9. The lowest BCUT2D eigenvalue weighted by Crippen LogP contribution is -2.38. The molecule has 1 amide bonds. The van der Waals surface area contributed by atoms with Crippen molar-refractivity contribution in [3.63, 3.8) is 0 Å². The van der Waals surface area contributed by atoms with Crippen LogP contribution in [0.1, 0.15) is 43.2 Å². The number of hydrogen-bond acceptors (Lipinski definition) is 5. The van der Waals surface area contributed by atoms with Crippen LogP contribution in [0.25, 0.3) is 11.1 Å². The monoisotopic (exact) mass is 563 g/mol. The van der Waals surface area contributed by atoms with Crippen molar-refractivity contribution in [3.8, 4) is 16.9 Å². The van der Waals surface area contributed by atoms with Crippen LogP contribution in [0.2, 0.25) is 0 Å². The van der Waals surface area contributed by atoms with Crippen LogP contribution >= 0.6 is 12.4 Å². The number of methoxy groups -OCH3 is 1. The third-order valence-corrected chi connectivity index (χ3v) is 7.32. The molecule has 1 heterocycles. The van der Waals surface area contributed by atoms with Gasteiger partial charge in [0.25, 0.3) is 0 Å². The maximum absolute atomic E-state index is 13.3. The Balaban J connectivity index is 0.00000441. The van der Waals surface area contributed by atoms with Crippen LogP contribution in [0.3, 0.4) is 0 Å². The van der Waals surface area contributed by atoms with Gasteiger partial charge in [0.2, 0.25) is 5.91 Å². The number of ether oxygens (including phenoxy) is 2. The third-order valence-electron chi connectivity index (χ3n) is 7.32. The lowest BCUT2D eigenvalue weighted by molar-refractivity contribution is -0.141. The highest BCUT2D eigenvalue weighted by Crippen LogP contribution is 2.30. The van der Waals surface area contributed by atoms with E-state index in [0.29, 0.717) is 38.0 Å². The minimum Gasteiger partial charge on any atom is -0.491 e. The topological polar surface area (TPSA) is 106 Å². The average Bonchev–Trinajstić information content (AvgIpc) is 3.26. The van der Waals surface area contributed by atoms with E-state index < -0.39 is 0 Å². The van der Waals surface area contributed by atoms with Crippen LogP contribution in [0.15, 0.2) is 78.9 Å².